The molecule has 0 saturated carbocycles. The van der Waals surface area contributed by atoms with Gasteiger partial charge in [-0.1, -0.05) is 27.7 Å². The Morgan fingerprint density at radius 2 is 1.74 bits per heavy atom. The summed E-state index contributed by atoms with van der Waals surface area (Å²) in [6.07, 6.45) is 3.52. The lowest BCUT2D eigenvalue weighted by atomic mass is 10.0. The first kappa shape index (κ1) is 19.7. The summed E-state index contributed by atoms with van der Waals surface area (Å²) in [6, 6.07) is 0.260. The SMILES string of the molecule is Cc1nn(CC(C)C)c(C)c1CCC(=O)NC(C)CCC(C)C. The van der Waals surface area contributed by atoms with Gasteiger partial charge in [-0.3, -0.25) is 9.48 Å². The van der Waals surface area contributed by atoms with Gasteiger partial charge in [-0.05, 0) is 57.4 Å². The average molecular weight is 322 g/mol. The molecule has 0 bridgehead atoms. The zero-order chi connectivity index (χ0) is 17.6. The van der Waals surface area contributed by atoms with E-state index in [1.807, 2.05) is 6.92 Å². The van der Waals surface area contributed by atoms with E-state index >= 15 is 0 Å². The molecule has 1 amide bonds. The van der Waals surface area contributed by atoms with Crippen LogP contribution in [0.15, 0.2) is 0 Å². The van der Waals surface area contributed by atoms with Crippen LogP contribution >= 0.6 is 0 Å². The fourth-order valence-corrected chi connectivity index (χ4v) is 2.86. The first-order valence-corrected chi connectivity index (χ1v) is 9.02. The van der Waals surface area contributed by atoms with Crippen LogP contribution < -0.4 is 5.32 Å². The number of aryl methyl sites for hydroxylation is 1. The number of hydrogen-bond donors (Lipinski definition) is 1. The van der Waals surface area contributed by atoms with Crippen molar-refractivity contribution in [3.05, 3.63) is 17.0 Å². The predicted molar refractivity (Wildman–Crippen MR) is 96.5 cm³/mol. The van der Waals surface area contributed by atoms with Gasteiger partial charge in [-0.25, -0.2) is 0 Å². The lowest BCUT2D eigenvalue weighted by Gasteiger charge is -2.15. The average Bonchev–Trinajstić information content (AvgIpc) is 2.68. The second kappa shape index (κ2) is 9.09. The molecule has 0 saturated heterocycles. The van der Waals surface area contributed by atoms with Crippen molar-refractivity contribution in [3.8, 4) is 0 Å². The van der Waals surface area contributed by atoms with Crippen molar-refractivity contribution in [2.24, 2.45) is 11.8 Å². The van der Waals surface area contributed by atoms with Gasteiger partial charge in [-0.15, -0.1) is 0 Å². The van der Waals surface area contributed by atoms with Gasteiger partial charge in [0, 0.05) is 24.7 Å². The Labute approximate surface area is 142 Å². The molecule has 23 heavy (non-hydrogen) atoms. The number of nitrogens with zero attached hydrogens (tertiary/aromatic N) is 2. The third-order valence-corrected chi connectivity index (χ3v) is 4.26. The van der Waals surface area contributed by atoms with Crippen LogP contribution in [0.3, 0.4) is 0 Å². The highest BCUT2D eigenvalue weighted by molar-refractivity contribution is 5.76. The summed E-state index contributed by atoms with van der Waals surface area (Å²) in [5, 5.41) is 7.74. The van der Waals surface area contributed by atoms with Gasteiger partial charge in [0.25, 0.3) is 0 Å². The van der Waals surface area contributed by atoms with Crippen LogP contribution in [0.5, 0.6) is 0 Å². The summed E-state index contributed by atoms with van der Waals surface area (Å²) in [5.41, 5.74) is 3.50. The van der Waals surface area contributed by atoms with E-state index in [1.54, 1.807) is 0 Å². The Bertz CT molecular complexity index is 503. The maximum Gasteiger partial charge on any atom is 0.220 e. The van der Waals surface area contributed by atoms with E-state index in [4.69, 9.17) is 0 Å². The van der Waals surface area contributed by atoms with Gasteiger partial charge in [0.05, 0.1) is 5.69 Å². The van der Waals surface area contributed by atoms with Crippen molar-refractivity contribution >= 4 is 5.91 Å². The van der Waals surface area contributed by atoms with Gasteiger partial charge in [0.15, 0.2) is 0 Å². The van der Waals surface area contributed by atoms with Gasteiger partial charge in [0.1, 0.15) is 0 Å². The Hall–Kier alpha value is -1.32. The molecule has 0 aliphatic rings. The molecule has 0 aliphatic heterocycles. The molecule has 0 spiro atoms. The number of hydrogen-bond acceptors (Lipinski definition) is 2. The molecule has 1 atom stereocenters. The highest BCUT2D eigenvalue weighted by Crippen LogP contribution is 2.16. The van der Waals surface area contributed by atoms with E-state index in [-0.39, 0.29) is 11.9 Å². The van der Waals surface area contributed by atoms with Gasteiger partial charge < -0.3 is 5.32 Å². The normalized spacial score (nSPS) is 12.9. The quantitative estimate of drug-likeness (QED) is 0.746. The number of amides is 1. The molecule has 4 nitrogen and oxygen atoms in total. The first-order chi connectivity index (χ1) is 10.7. The Kier molecular flexibility index (Phi) is 7.80. The number of carbonyl (C=O) groups is 1. The number of rotatable bonds is 9. The Morgan fingerprint density at radius 3 is 2.30 bits per heavy atom. The highest BCUT2D eigenvalue weighted by atomic mass is 16.1. The highest BCUT2D eigenvalue weighted by Gasteiger charge is 2.14. The van der Waals surface area contributed by atoms with Crippen LogP contribution in [0.2, 0.25) is 0 Å². The molecule has 1 aromatic rings. The Balaban J connectivity index is 2.51. The molecular formula is C19H35N3O. The van der Waals surface area contributed by atoms with Crippen molar-refractivity contribution in [1.29, 1.82) is 0 Å². The third-order valence-electron chi connectivity index (χ3n) is 4.26. The summed E-state index contributed by atoms with van der Waals surface area (Å²) in [5.74, 6) is 1.41. The fraction of sp³-hybridized carbons (Fsp3) is 0.789. The second-order valence-electron chi connectivity index (χ2n) is 7.67. The molecule has 0 aliphatic carbocycles. The van der Waals surface area contributed by atoms with E-state index < -0.39 is 0 Å². The second-order valence-corrected chi connectivity index (χ2v) is 7.67. The van der Waals surface area contributed by atoms with Crippen LogP contribution in [-0.4, -0.2) is 21.7 Å². The number of aromatic nitrogens is 2. The monoisotopic (exact) mass is 321 g/mol. The number of carbonyl (C=O) groups excluding carboxylic acids is 1. The summed E-state index contributed by atoms with van der Waals surface area (Å²) < 4.78 is 2.08. The molecule has 1 N–H and O–H groups in total. The summed E-state index contributed by atoms with van der Waals surface area (Å²) in [4.78, 5) is 12.1. The fourth-order valence-electron chi connectivity index (χ4n) is 2.86. The smallest absolute Gasteiger partial charge is 0.220 e. The van der Waals surface area contributed by atoms with Gasteiger partial charge in [0.2, 0.25) is 5.91 Å². The molecule has 1 unspecified atom stereocenters. The Morgan fingerprint density at radius 1 is 1.09 bits per heavy atom. The molecule has 132 valence electrons. The van der Waals surface area contributed by atoms with Crippen LogP contribution in [-0.2, 0) is 17.8 Å². The van der Waals surface area contributed by atoms with E-state index in [0.717, 1.165) is 31.5 Å². The number of nitrogens with one attached hydrogen (secondary N) is 1. The van der Waals surface area contributed by atoms with E-state index in [9.17, 15) is 4.79 Å². The molecule has 1 aromatic heterocycles. The molecule has 4 heteroatoms. The largest absolute Gasteiger partial charge is 0.354 e. The molecular weight excluding hydrogens is 286 g/mol. The minimum atomic E-state index is 0.150. The molecule has 1 rings (SSSR count). The third kappa shape index (κ3) is 6.76. The predicted octanol–water partition coefficient (Wildman–Crippen LogP) is 4.03. The summed E-state index contributed by atoms with van der Waals surface area (Å²) in [6.45, 7) is 16.0. The van der Waals surface area contributed by atoms with Crippen molar-refractivity contribution < 1.29 is 4.79 Å². The lowest BCUT2D eigenvalue weighted by Crippen LogP contribution is -2.32. The van der Waals surface area contributed by atoms with Crippen LogP contribution in [0.25, 0.3) is 0 Å². The minimum Gasteiger partial charge on any atom is -0.354 e. The van der Waals surface area contributed by atoms with Crippen LogP contribution in [0.1, 0.15) is 70.8 Å². The maximum absolute atomic E-state index is 12.1. The minimum absolute atomic E-state index is 0.150. The zero-order valence-electron chi connectivity index (χ0n) is 16.1. The summed E-state index contributed by atoms with van der Waals surface area (Å²) >= 11 is 0. The standard InChI is InChI=1S/C19H35N3O/c1-13(2)8-9-15(5)20-19(23)11-10-18-16(6)21-22(17(18)7)12-14(3)4/h13-15H,8-12H2,1-7H3,(H,20,23). The van der Waals surface area contributed by atoms with Crippen molar-refractivity contribution in [2.75, 3.05) is 0 Å². The van der Waals surface area contributed by atoms with Gasteiger partial charge >= 0.3 is 0 Å². The topological polar surface area (TPSA) is 46.9 Å². The maximum atomic E-state index is 12.1. The molecule has 0 radical (unpaired) electrons. The van der Waals surface area contributed by atoms with E-state index in [1.165, 1.54) is 11.3 Å². The molecule has 0 fully saturated rings. The zero-order valence-corrected chi connectivity index (χ0v) is 16.1. The molecule has 1 heterocycles. The van der Waals surface area contributed by atoms with Crippen LogP contribution in [0.4, 0.5) is 0 Å². The van der Waals surface area contributed by atoms with Crippen LogP contribution in [0, 0.1) is 25.7 Å². The lowest BCUT2D eigenvalue weighted by molar-refractivity contribution is -0.121. The van der Waals surface area contributed by atoms with Gasteiger partial charge in [-0.2, -0.15) is 5.10 Å². The van der Waals surface area contributed by atoms with Crippen molar-refractivity contribution in [3.63, 3.8) is 0 Å². The summed E-state index contributed by atoms with van der Waals surface area (Å²) in [7, 11) is 0. The van der Waals surface area contributed by atoms with Crippen molar-refractivity contribution in [1.82, 2.24) is 15.1 Å². The van der Waals surface area contributed by atoms with E-state index in [2.05, 4.69) is 56.6 Å². The van der Waals surface area contributed by atoms with E-state index in [0.29, 0.717) is 18.3 Å². The van der Waals surface area contributed by atoms with Crippen molar-refractivity contribution in [2.45, 2.75) is 86.7 Å². The molecule has 0 aromatic carbocycles. The first-order valence-electron chi connectivity index (χ1n) is 9.02.